The Hall–Kier alpha value is -7.17. The van der Waals surface area contributed by atoms with E-state index in [2.05, 4.69) is 200 Å². The lowest BCUT2D eigenvalue weighted by atomic mass is 9.54. The molecule has 0 unspecified atom stereocenters. The molecule has 3 spiro atoms. The minimum absolute atomic E-state index is 0. The van der Waals surface area contributed by atoms with Crippen LogP contribution in [0.2, 0.25) is 0 Å². The number of hydrogen-bond donors (Lipinski definition) is 1. The van der Waals surface area contributed by atoms with Gasteiger partial charge in [-0.15, -0.1) is 0 Å². The van der Waals surface area contributed by atoms with Gasteiger partial charge in [0, 0.05) is 168 Å². The SMILES string of the molecule is C.C.C.C.C.CC[C@@H]1C(=O)/C(=C\O)C[C@]2(C)c3nn(C)c(-c4ccccc4)c3CC[C@@H]12.CC[C@@H]1C(=O)CC[C@]2(C)c3nn(C)c(-c4ccccc4)c3CC[C@@H]12.CC[C@H]1[C@@H]2CCc3c(nn(C)c3-c3ccccc3)[C@@]2(C)CCC12OCCO2.CC[C@H]1[C@@H]2CCc3c(nn(C)c3Br)[C@@]2(C)CCC12OCCO2.CC[C@H]1[C@@H]2CCc3cn(C)nc3[C@@]2(C)CCC12OCCO2. The van der Waals surface area contributed by atoms with E-state index in [1.807, 2.05) is 41.3 Å². The van der Waals surface area contributed by atoms with E-state index in [9.17, 15) is 14.7 Å². The van der Waals surface area contributed by atoms with Gasteiger partial charge in [-0.3, -0.25) is 33.0 Å². The van der Waals surface area contributed by atoms with Crippen LogP contribution < -0.4 is 0 Å². The van der Waals surface area contributed by atoms with Crippen molar-refractivity contribution in [3.05, 3.63) is 170 Å². The number of ketones is 2. The lowest BCUT2D eigenvalue weighted by molar-refractivity contribution is -0.240. The van der Waals surface area contributed by atoms with Gasteiger partial charge in [0.2, 0.25) is 0 Å². The van der Waals surface area contributed by atoms with E-state index in [4.69, 9.17) is 53.9 Å². The molecule has 0 amide bonds. The fourth-order valence-corrected chi connectivity index (χ4v) is 28.0. The van der Waals surface area contributed by atoms with Crippen molar-refractivity contribution >= 4 is 27.5 Å². The smallest absolute Gasteiger partial charge is 0.171 e. The topological polar surface area (TPSA) is 199 Å². The second-order valence-electron chi connectivity index (χ2n) is 39.0. The fourth-order valence-electron chi connectivity index (χ4n) is 27.6. The van der Waals surface area contributed by atoms with Crippen LogP contribution >= 0.6 is 15.9 Å². The summed E-state index contributed by atoms with van der Waals surface area (Å²) in [5.41, 5.74) is 21.7. The number of fused-ring (bicyclic) bond motifs is 15. The average Bonchev–Trinajstić information content (AvgIpc) is 1.64. The molecule has 20 heteroatoms. The summed E-state index contributed by atoms with van der Waals surface area (Å²) < 4.78 is 48.3. The number of halogens is 1. The molecule has 13 aliphatic rings. The van der Waals surface area contributed by atoms with Gasteiger partial charge in [0.25, 0.3) is 0 Å². The van der Waals surface area contributed by atoms with Crippen LogP contribution in [0, 0.1) is 59.2 Å². The third-order valence-corrected chi connectivity index (χ3v) is 34.2. The number of Topliss-reactive ketones (excluding diaryl/α,β-unsaturated/α-hetero) is 2. The Morgan fingerprint density at radius 3 is 1.10 bits per heavy atom. The van der Waals surface area contributed by atoms with Crippen LogP contribution in [0.25, 0.3) is 33.8 Å². The molecule has 125 heavy (non-hydrogen) atoms. The Bertz CT molecular complexity index is 5080. The van der Waals surface area contributed by atoms with Gasteiger partial charge in [-0.1, -0.05) is 197 Å². The van der Waals surface area contributed by atoms with Crippen molar-refractivity contribution in [3.63, 3.8) is 0 Å². The van der Waals surface area contributed by atoms with E-state index in [-0.39, 0.29) is 105 Å². The number of rotatable bonds is 8. The van der Waals surface area contributed by atoms with E-state index < -0.39 is 0 Å². The van der Waals surface area contributed by atoms with Crippen LogP contribution in [0.15, 0.2) is 114 Å². The highest BCUT2D eigenvalue weighted by Gasteiger charge is 2.63. The predicted octanol–water partition coefficient (Wildman–Crippen LogP) is 22.7. The second-order valence-corrected chi connectivity index (χ2v) is 39.7. The molecule has 684 valence electrons. The van der Waals surface area contributed by atoms with Crippen LogP contribution in [-0.2, 0) is 132 Å². The number of aryl methyl sites for hydroxylation is 6. The van der Waals surface area contributed by atoms with Crippen molar-refractivity contribution < 1.29 is 43.1 Å². The summed E-state index contributed by atoms with van der Waals surface area (Å²) >= 11 is 3.72. The number of ether oxygens (including phenoxy) is 6. The maximum Gasteiger partial charge on any atom is 0.171 e. The normalized spacial score (nSPS) is 31.3. The number of carbonyl (C=O) groups excluding carboxylic acids is 2. The number of aliphatic hydroxyl groups is 1. The molecule has 19 nitrogen and oxygen atoms in total. The molecule has 10 aliphatic carbocycles. The van der Waals surface area contributed by atoms with E-state index >= 15 is 0 Å². The van der Waals surface area contributed by atoms with Crippen LogP contribution in [0.4, 0.5) is 0 Å². The van der Waals surface area contributed by atoms with Gasteiger partial charge < -0.3 is 33.5 Å². The monoisotopic (exact) mass is 1780 g/mol. The summed E-state index contributed by atoms with van der Waals surface area (Å²) in [6, 6.07) is 31.7. The number of benzene rings is 3. The molecule has 21 rings (SSSR count). The maximum atomic E-state index is 12.7. The number of allylic oxidation sites excluding steroid dienone is 1. The molecule has 15 atom stereocenters. The van der Waals surface area contributed by atoms with Crippen molar-refractivity contribution in [1.29, 1.82) is 0 Å². The largest absolute Gasteiger partial charge is 0.515 e. The van der Waals surface area contributed by atoms with Crippen LogP contribution in [0.5, 0.6) is 0 Å². The van der Waals surface area contributed by atoms with Gasteiger partial charge >= 0.3 is 0 Å². The Morgan fingerprint density at radius 2 is 0.720 bits per heavy atom. The molecule has 0 bridgehead atoms. The molecule has 8 aromatic rings. The summed E-state index contributed by atoms with van der Waals surface area (Å²) in [6.07, 6.45) is 28.0. The third kappa shape index (κ3) is 15.9. The molecule has 1 N–H and O–H groups in total. The number of aromatic nitrogens is 10. The third-order valence-electron chi connectivity index (χ3n) is 33.2. The van der Waals surface area contributed by atoms with Crippen LogP contribution in [0.1, 0.15) is 285 Å². The van der Waals surface area contributed by atoms with E-state index in [1.165, 1.54) is 104 Å². The summed E-state index contributed by atoms with van der Waals surface area (Å²) in [7, 11) is 10.2. The highest BCUT2D eigenvalue weighted by molar-refractivity contribution is 9.10. The van der Waals surface area contributed by atoms with Gasteiger partial charge in [-0.05, 0) is 179 Å². The minimum atomic E-state index is -0.340. The van der Waals surface area contributed by atoms with Gasteiger partial charge in [0.1, 0.15) is 10.4 Å². The quantitative estimate of drug-likeness (QED) is 0.111. The highest BCUT2D eigenvalue weighted by atomic mass is 79.9. The number of aliphatic hydroxyl groups excluding tert-OH is 1. The standard InChI is InChI=1S/C23H30N2O2.C22H26N2O2.C21H26N2O.C17H25BrN2O2.C17H26N2O2.5CH4/c1-4-18-19-11-10-17-20(16-8-6-5-7-9-16)25(3)24-21(17)22(19,2)12-13-23(18)26-14-15-27-23;1-4-16-18-11-10-17-19(14-8-6-5-7-9-14)24(3)23-21(17)22(18,2)12-15(13-25)20(16)26;1-4-15-17-11-10-16-19(14-8-6-5-7-9-14)23(3)22-20(16)21(17,2)13-12-18(15)24;1-4-12-13-6-5-11-14(19-20(3)15(11)18)16(13,2)7-8-17(12)21-9-10-22-17;1-4-13-14-6-5-12-11-19(3)18-15(12)16(14,2)7-8-17(13)20-9-10-21-17;;;;;/h5-9,18-19H,4,10-15H2,1-3H3;5-9,13,16,18,25H,4,10-12H2,1-3H3;5-9,15,17H,4,10-13H2,1-3H3;12-13H,4-10H2,1-3H3;11,13-14H,4-10H2,1-3H3;5*1H4/b;15-13-;;;;;;;;/t18-,19-,22-;16-,18-,22-;15-,17-,21-;12-,13-,16-;13-,14-,16-;;;;;/m00000...../s1. The molecule has 3 aliphatic heterocycles. The van der Waals surface area contributed by atoms with Crippen molar-refractivity contribution in [2.24, 2.45) is 94.4 Å². The van der Waals surface area contributed by atoms with Gasteiger partial charge in [-0.2, -0.15) is 25.5 Å². The zero-order valence-electron chi connectivity index (χ0n) is 74.4. The first-order valence-corrected chi connectivity index (χ1v) is 46.9. The van der Waals surface area contributed by atoms with Crippen LogP contribution in [-0.4, -0.2) is 123 Å². The van der Waals surface area contributed by atoms with Crippen LogP contribution in [0.3, 0.4) is 0 Å². The molecule has 5 aromatic heterocycles. The number of nitrogens with zero attached hydrogens (tertiary/aromatic N) is 10. The number of hydrogen-bond acceptors (Lipinski definition) is 14. The summed E-state index contributed by atoms with van der Waals surface area (Å²) in [6.45, 7) is 27.5. The zero-order chi connectivity index (χ0) is 84.2. The molecule has 3 saturated heterocycles. The van der Waals surface area contributed by atoms with Crippen molar-refractivity contribution in [3.8, 4) is 33.8 Å². The van der Waals surface area contributed by atoms with Gasteiger partial charge in [0.05, 0.1) is 91.5 Å². The van der Waals surface area contributed by atoms with E-state index in [0.29, 0.717) is 65.6 Å². The van der Waals surface area contributed by atoms with Gasteiger partial charge in [0.15, 0.2) is 23.1 Å². The molecular weight excluding hydrogens is 1630 g/mol. The first kappa shape index (κ1) is 96.9. The summed E-state index contributed by atoms with van der Waals surface area (Å²) in [5, 5.41) is 34.4. The molecule has 8 heterocycles. The first-order chi connectivity index (χ1) is 57.8. The van der Waals surface area contributed by atoms with Gasteiger partial charge in [-0.25, -0.2) is 0 Å². The Labute approximate surface area is 757 Å². The first-order valence-electron chi connectivity index (χ1n) is 46.1. The fraction of sp³-hybridized carbons (Fsp3) is 0.648. The van der Waals surface area contributed by atoms with E-state index in [1.54, 1.807) is 0 Å². The predicted molar refractivity (Wildman–Crippen MR) is 505 cm³/mol. The molecular formula is C105H153BrN10O9. The Kier molecular flexibility index (Phi) is 29.2. The lowest BCUT2D eigenvalue weighted by Crippen LogP contribution is -2.56. The van der Waals surface area contributed by atoms with Crippen molar-refractivity contribution in [1.82, 2.24) is 48.9 Å². The molecule has 5 saturated carbocycles. The Morgan fingerprint density at radius 1 is 0.392 bits per heavy atom. The summed E-state index contributed by atoms with van der Waals surface area (Å²) in [4.78, 5) is 25.1. The minimum Gasteiger partial charge on any atom is -0.515 e. The Balaban J connectivity index is 0.000000141. The number of carbonyl (C=O) groups is 2. The molecule has 3 aromatic carbocycles. The lowest BCUT2D eigenvalue weighted by Gasteiger charge is -2.54. The molecule has 8 fully saturated rings. The zero-order valence-corrected chi connectivity index (χ0v) is 76.0. The second kappa shape index (κ2) is 37.7. The van der Waals surface area contributed by atoms with Crippen molar-refractivity contribution in [2.45, 2.75) is 305 Å². The highest BCUT2D eigenvalue weighted by Crippen LogP contribution is 2.63. The van der Waals surface area contributed by atoms with E-state index in [0.717, 1.165) is 178 Å². The van der Waals surface area contributed by atoms with Crippen molar-refractivity contribution in [2.75, 3.05) is 39.6 Å². The average molecular weight is 1780 g/mol. The maximum absolute atomic E-state index is 12.7. The molecule has 0 radical (unpaired) electrons. The summed E-state index contributed by atoms with van der Waals surface area (Å²) in [5.74, 6) is 3.79.